The number of ether oxygens (including phenoxy) is 1. The predicted octanol–water partition coefficient (Wildman–Crippen LogP) is 5.47. The summed E-state index contributed by atoms with van der Waals surface area (Å²) in [4.78, 5) is 0. The molecule has 1 aromatic carbocycles. The molecule has 0 bridgehead atoms. The third kappa shape index (κ3) is 2.02. The van der Waals surface area contributed by atoms with E-state index in [1.165, 1.54) is 27.8 Å². The highest BCUT2D eigenvalue weighted by Crippen LogP contribution is 2.58. The zero-order valence-corrected chi connectivity index (χ0v) is 14.9. The SMILES string of the molecule is CC1=CC2OC(C)(c3ccc(C)cc3C)C(C)(C)C2C=C1C. The average Bonchev–Trinajstić information content (AvgIpc) is 2.59. The fourth-order valence-electron chi connectivity index (χ4n) is 4.20. The third-order valence-corrected chi connectivity index (χ3v) is 6.15. The fraction of sp³-hybridized carbons (Fsp3) is 0.524. The summed E-state index contributed by atoms with van der Waals surface area (Å²) in [7, 11) is 0. The van der Waals surface area contributed by atoms with Gasteiger partial charge in [0.05, 0.1) is 11.7 Å². The Labute approximate surface area is 135 Å². The Balaban J connectivity index is 2.12. The van der Waals surface area contributed by atoms with Gasteiger partial charge in [-0.3, -0.25) is 0 Å². The van der Waals surface area contributed by atoms with Crippen molar-refractivity contribution in [3.63, 3.8) is 0 Å². The molecule has 1 aliphatic carbocycles. The number of hydrogen-bond donors (Lipinski definition) is 0. The summed E-state index contributed by atoms with van der Waals surface area (Å²) in [6.45, 7) is 15.7. The first-order valence-electron chi connectivity index (χ1n) is 8.29. The van der Waals surface area contributed by atoms with Crippen LogP contribution in [-0.2, 0) is 10.3 Å². The lowest BCUT2D eigenvalue weighted by molar-refractivity contribution is -0.0595. The largest absolute Gasteiger partial charge is 0.362 e. The van der Waals surface area contributed by atoms with Gasteiger partial charge in [-0.25, -0.2) is 0 Å². The third-order valence-electron chi connectivity index (χ3n) is 6.15. The molecule has 1 saturated heterocycles. The van der Waals surface area contributed by atoms with Crippen molar-refractivity contribution in [2.45, 2.75) is 60.2 Å². The Morgan fingerprint density at radius 2 is 1.55 bits per heavy atom. The van der Waals surface area contributed by atoms with Crippen molar-refractivity contribution in [2.24, 2.45) is 11.3 Å². The summed E-state index contributed by atoms with van der Waals surface area (Å²) < 4.78 is 6.67. The smallest absolute Gasteiger partial charge is 0.0971 e. The summed E-state index contributed by atoms with van der Waals surface area (Å²) in [5.41, 5.74) is 6.49. The minimum Gasteiger partial charge on any atom is -0.362 e. The maximum Gasteiger partial charge on any atom is 0.0971 e. The van der Waals surface area contributed by atoms with Crippen molar-refractivity contribution in [1.29, 1.82) is 0 Å². The Morgan fingerprint density at radius 3 is 2.18 bits per heavy atom. The van der Waals surface area contributed by atoms with Crippen molar-refractivity contribution in [1.82, 2.24) is 0 Å². The van der Waals surface area contributed by atoms with E-state index in [2.05, 4.69) is 78.8 Å². The molecule has 3 atom stereocenters. The lowest BCUT2D eigenvalue weighted by Gasteiger charge is -2.40. The van der Waals surface area contributed by atoms with Crippen LogP contribution in [0.3, 0.4) is 0 Å². The quantitative estimate of drug-likeness (QED) is 0.668. The van der Waals surface area contributed by atoms with Crippen LogP contribution in [0, 0.1) is 25.2 Å². The zero-order valence-electron chi connectivity index (χ0n) is 14.9. The van der Waals surface area contributed by atoms with E-state index >= 15 is 0 Å². The van der Waals surface area contributed by atoms with Gasteiger partial charge in [-0.15, -0.1) is 0 Å². The maximum absolute atomic E-state index is 6.67. The Hall–Kier alpha value is -1.34. The van der Waals surface area contributed by atoms with Gasteiger partial charge in [0.15, 0.2) is 0 Å². The first kappa shape index (κ1) is 15.6. The van der Waals surface area contributed by atoms with Crippen LogP contribution in [0.15, 0.2) is 41.5 Å². The second-order valence-corrected chi connectivity index (χ2v) is 7.88. The second-order valence-electron chi connectivity index (χ2n) is 7.88. The Kier molecular flexibility index (Phi) is 3.41. The molecule has 3 rings (SSSR count). The summed E-state index contributed by atoms with van der Waals surface area (Å²) in [5, 5.41) is 0. The highest BCUT2D eigenvalue weighted by molar-refractivity contribution is 5.41. The molecule has 1 aliphatic heterocycles. The van der Waals surface area contributed by atoms with Crippen molar-refractivity contribution in [3.8, 4) is 0 Å². The van der Waals surface area contributed by atoms with E-state index in [1.807, 2.05) is 0 Å². The molecule has 0 N–H and O–H groups in total. The number of fused-ring (bicyclic) bond motifs is 1. The minimum absolute atomic E-state index is 0.0517. The molecule has 0 amide bonds. The minimum atomic E-state index is -0.266. The zero-order chi connectivity index (χ0) is 16.3. The van der Waals surface area contributed by atoms with Crippen LogP contribution in [0.1, 0.15) is 51.3 Å². The van der Waals surface area contributed by atoms with Gasteiger partial charge in [0.1, 0.15) is 0 Å². The van der Waals surface area contributed by atoms with Crippen molar-refractivity contribution < 1.29 is 4.74 Å². The van der Waals surface area contributed by atoms with E-state index in [9.17, 15) is 0 Å². The highest BCUT2D eigenvalue weighted by Gasteiger charge is 2.58. The molecule has 2 aliphatic rings. The van der Waals surface area contributed by atoms with Crippen LogP contribution in [0.25, 0.3) is 0 Å². The van der Waals surface area contributed by atoms with E-state index in [0.717, 1.165) is 0 Å². The van der Waals surface area contributed by atoms with Crippen LogP contribution < -0.4 is 0 Å². The topological polar surface area (TPSA) is 9.23 Å². The van der Waals surface area contributed by atoms with Gasteiger partial charge in [-0.2, -0.15) is 0 Å². The molecule has 0 aromatic heterocycles. The van der Waals surface area contributed by atoms with Crippen molar-refractivity contribution in [2.75, 3.05) is 0 Å². The molecule has 22 heavy (non-hydrogen) atoms. The number of allylic oxidation sites excluding steroid dienone is 2. The molecule has 0 radical (unpaired) electrons. The molecule has 3 unspecified atom stereocenters. The molecular weight excluding hydrogens is 268 g/mol. The van der Waals surface area contributed by atoms with Gasteiger partial charge >= 0.3 is 0 Å². The van der Waals surface area contributed by atoms with E-state index in [0.29, 0.717) is 5.92 Å². The molecular formula is C21H28O. The normalized spacial score (nSPS) is 33.2. The van der Waals surface area contributed by atoms with Gasteiger partial charge in [-0.05, 0) is 51.3 Å². The summed E-state index contributed by atoms with van der Waals surface area (Å²) in [5.74, 6) is 0.432. The highest BCUT2D eigenvalue weighted by atomic mass is 16.5. The van der Waals surface area contributed by atoms with Gasteiger partial charge in [0.25, 0.3) is 0 Å². The Morgan fingerprint density at radius 1 is 0.909 bits per heavy atom. The van der Waals surface area contributed by atoms with Gasteiger partial charge < -0.3 is 4.74 Å². The van der Waals surface area contributed by atoms with E-state index in [-0.39, 0.29) is 17.1 Å². The lowest BCUT2D eigenvalue weighted by Crippen LogP contribution is -2.39. The monoisotopic (exact) mass is 296 g/mol. The molecule has 1 nitrogen and oxygen atoms in total. The summed E-state index contributed by atoms with van der Waals surface area (Å²) in [6.07, 6.45) is 4.93. The summed E-state index contributed by atoms with van der Waals surface area (Å²) >= 11 is 0. The van der Waals surface area contributed by atoms with Gasteiger partial charge in [0.2, 0.25) is 0 Å². The summed E-state index contributed by atoms with van der Waals surface area (Å²) in [6, 6.07) is 6.73. The molecule has 1 fully saturated rings. The van der Waals surface area contributed by atoms with E-state index in [4.69, 9.17) is 4.74 Å². The van der Waals surface area contributed by atoms with Crippen LogP contribution in [0.4, 0.5) is 0 Å². The van der Waals surface area contributed by atoms with E-state index in [1.54, 1.807) is 0 Å². The van der Waals surface area contributed by atoms with Gasteiger partial charge in [0, 0.05) is 11.3 Å². The molecule has 1 aromatic rings. The number of benzene rings is 1. The maximum atomic E-state index is 6.67. The van der Waals surface area contributed by atoms with Crippen LogP contribution in [-0.4, -0.2) is 6.10 Å². The van der Waals surface area contributed by atoms with Gasteiger partial charge in [-0.1, -0.05) is 55.3 Å². The van der Waals surface area contributed by atoms with Crippen molar-refractivity contribution >= 4 is 0 Å². The number of aryl methyl sites for hydroxylation is 2. The van der Waals surface area contributed by atoms with Crippen LogP contribution >= 0.6 is 0 Å². The molecule has 0 saturated carbocycles. The Bertz CT molecular complexity index is 677. The van der Waals surface area contributed by atoms with Crippen LogP contribution in [0.5, 0.6) is 0 Å². The standard InChI is InChI=1S/C21H28O/c1-13-8-9-17(16(4)10-13)21(7)20(5,6)18-11-14(2)15(3)12-19(18)22-21/h8-12,18-19H,1-7H3. The van der Waals surface area contributed by atoms with Crippen LogP contribution in [0.2, 0.25) is 0 Å². The number of hydrogen-bond acceptors (Lipinski definition) is 1. The number of rotatable bonds is 1. The molecule has 1 heterocycles. The first-order valence-corrected chi connectivity index (χ1v) is 8.29. The second kappa shape index (κ2) is 4.83. The fourth-order valence-corrected chi connectivity index (χ4v) is 4.20. The molecule has 118 valence electrons. The predicted molar refractivity (Wildman–Crippen MR) is 92.9 cm³/mol. The van der Waals surface area contributed by atoms with Crippen molar-refractivity contribution in [3.05, 3.63) is 58.2 Å². The first-order chi connectivity index (χ1) is 10.2. The molecule has 0 spiro atoms. The molecule has 1 heteroatoms. The van der Waals surface area contributed by atoms with E-state index < -0.39 is 0 Å². The average molecular weight is 296 g/mol. The lowest BCUT2D eigenvalue weighted by atomic mass is 9.64.